The third kappa shape index (κ3) is 4.11. The quantitative estimate of drug-likeness (QED) is 0.492. The van der Waals surface area contributed by atoms with E-state index < -0.39 is 11.0 Å². The lowest BCUT2D eigenvalue weighted by atomic mass is 10.1. The minimum absolute atomic E-state index is 0.569. The van der Waals surface area contributed by atoms with Crippen LogP contribution in [0.1, 0.15) is 18.4 Å². The molecule has 1 aliphatic rings. The molecule has 6 nitrogen and oxygen atoms in total. The number of anilines is 1. The van der Waals surface area contributed by atoms with Crippen molar-refractivity contribution in [2.75, 3.05) is 25.0 Å². The van der Waals surface area contributed by atoms with Crippen LogP contribution < -0.4 is 4.90 Å². The summed E-state index contributed by atoms with van der Waals surface area (Å²) < 4.78 is 15.2. The summed E-state index contributed by atoms with van der Waals surface area (Å²) in [5, 5.41) is 0. The summed E-state index contributed by atoms with van der Waals surface area (Å²) in [5.41, 5.74) is 6.23. The van der Waals surface area contributed by atoms with Gasteiger partial charge >= 0.3 is 0 Å². The highest BCUT2D eigenvalue weighted by atomic mass is 32.2. The van der Waals surface area contributed by atoms with Crippen molar-refractivity contribution >= 4 is 27.7 Å². The first-order valence-electron chi connectivity index (χ1n) is 10.5. The summed E-state index contributed by atoms with van der Waals surface area (Å²) in [6.45, 7) is 2.67. The van der Waals surface area contributed by atoms with Crippen molar-refractivity contribution in [3.05, 3.63) is 72.7 Å². The van der Waals surface area contributed by atoms with Gasteiger partial charge in [-0.1, -0.05) is 6.07 Å². The Kier molecular flexibility index (Phi) is 5.53. The molecule has 0 bridgehead atoms. The minimum atomic E-state index is -1.28. The van der Waals surface area contributed by atoms with Gasteiger partial charge in [0, 0.05) is 56.5 Å². The van der Waals surface area contributed by atoms with Gasteiger partial charge in [-0.05, 0) is 60.9 Å². The van der Waals surface area contributed by atoms with Gasteiger partial charge < -0.3 is 9.88 Å². The van der Waals surface area contributed by atoms with Crippen molar-refractivity contribution in [3.8, 4) is 11.3 Å². The molecule has 1 N–H and O–H groups in total. The summed E-state index contributed by atoms with van der Waals surface area (Å²) >= 11 is 0. The van der Waals surface area contributed by atoms with Gasteiger partial charge in [0.1, 0.15) is 11.0 Å². The van der Waals surface area contributed by atoms with E-state index in [9.17, 15) is 4.21 Å². The zero-order valence-electron chi connectivity index (χ0n) is 17.5. The van der Waals surface area contributed by atoms with Crippen LogP contribution in [0.25, 0.3) is 22.3 Å². The zero-order valence-corrected chi connectivity index (χ0v) is 18.3. The molecule has 3 aromatic heterocycles. The molecule has 0 saturated carbocycles. The highest BCUT2D eigenvalue weighted by Crippen LogP contribution is 2.35. The van der Waals surface area contributed by atoms with Crippen LogP contribution in [-0.2, 0) is 17.5 Å². The molecular formula is C24H25N5OS. The third-order valence-corrected chi connectivity index (χ3v) is 7.06. The second kappa shape index (κ2) is 8.61. The summed E-state index contributed by atoms with van der Waals surface area (Å²) in [7, 11) is 0.596. The van der Waals surface area contributed by atoms with Gasteiger partial charge in [0.05, 0.1) is 21.6 Å². The highest BCUT2D eigenvalue weighted by Gasteiger charge is 2.20. The fraction of sp³-hybridized carbons (Fsp3) is 0.250. The van der Waals surface area contributed by atoms with Gasteiger partial charge in [-0.25, -0.2) is 8.51 Å². The fourth-order valence-corrected chi connectivity index (χ4v) is 5.19. The van der Waals surface area contributed by atoms with Gasteiger partial charge in [0.15, 0.2) is 0 Å². The Morgan fingerprint density at radius 3 is 2.71 bits per heavy atom. The Morgan fingerprint density at radius 2 is 1.94 bits per heavy atom. The summed E-state index contributed by atoms with van der Waals surface area (Å²) in [4.78, 5) is 15.3. The molecule has 1 aliphatic heterocycles. The summed E-state index contributed by atoms with van der Waals surface area (Å²) in [6.07, 6.45) is 7.77. The van der Waals surface area contributed by atoms with Crippen LogP contribution in [0, 0.1) is 0 Å². The van der Waals surface area contributed by atoms with Crippen molar-refractivity contribution in [1.82, 2.24) is 19.3 Å². The maximum Gasteiger partial charge on any atom is 0.127 e. The second-order valence-electron chi connectivity index (χ2n) is 7.89. The molecule has 1 unspecified atom stereocenters. The lowest BCUT2D eigenvalue weighted by Crippen LogP contribution is -2.22. The molecule has 4 aromatic rings. The number of aromatic nitrogens is 3. The number of nitrogens with zero attached hydrogens (tertiary/aromatic N) is 4. The van der Waals surface area contributed by atoms with Gasteiger partial charge in [0.2, 0.25) is 0 Å². The number of benzene rings is 1. The standard InChI is InChI=1S/C24H25N5OS/c1-28(17-18-6-4-10-25-16-18)31(30)19-8-9-24(29-12-2-3-13-29)20(14-19)22-15-23-21(27-22)7-5-11-26-23/h4-11,14-16,27H,2-3,12-13,17H2,1H3. The fourth-order valence-electron chi connectivity index (χ4n) is 4.16. The maximum absolute atomic E-state index is 13.3. The number of hydrogen-bond donors (Lipinski definition) is 1. The van der Waals surface area contributed by atoms with E-state index in [0.29, 0.717) is 6.54 Å². The van der Waals surface area contributed by atoms with Crippen LogP contribution in [0.2, 0.25) is 0 Å². The molecular weight excluding hydrogens is 406 g/mol. The molecule has 0 spiro atoms. The van der Waals surface area contributed by atoms with E-state index in [2.05, 4.69) is 38.1 Å². The highest BCUT2D eigenvalue weighted by molar-refractivity contribution is 7.82. The molecule has 158 valence electrons. The normalized spacial score (nSPS) is 15.1. The average molecular weight is 432 g/mol. The molecule has 5 rings (SSSR count). The van der Waals surface area contributed by atoms with Crippen LogP contribution in [0.3, 0.4) is 0 Å². The molecule has 1 atom stereocenters. The third-order valence-electron chi connectivity index (χ3n) is 5.71. The number of nitrogens with one attached hydrogen (secondary N) is 1. The van der Waals surface area contributed by atoms with Crippen molar-refractivity contribution in [2.24, 2.45) is 0 Å². The van der Waals surface area contributed by atoms with E-state index >= 15 is 0 Å². The second-order valence-corrected chi connectivity index (χ2v) is 9.48. The molecule has 0 radical (unpaired) electrons. The zero-order chi connectivity index (χ0) is 21.2. The van der Waals surface area contributed by atoms with E-state index in [0.717, 1.165) is 45.8 Å². The number of hydrogen-bond acceptors (Lipinski definition) is 4. The van der Waals surface area contributed by atoms with Crippen molar-refractivity contribution in [1.29, 1.82) is 0 Å². The van der Waals surface area contributed by atoms with E-state index in [-0.39, 0.29) is 0 Å². The maximum atomic E-state index is 13.3. The summed E-state index contributed by atoms with van der Waals surface area (Å²) in [6, 6.07) is 16.1. The van der Waals surface area contributed by atoms with Gasteiger partial charge in [-0.3, -0.25) is 9.97 Å². The Hall–Kier alpha value is -3.03. The van der Waals surface area contributed by atoms with Crippen molar-refractivity contribution in [2.45, 2.75) is 24.3 Å². The largest absolute Gasteiger partial charge is 0.371 e. The Morgan fingerprint density at radius 1 is 1.10 bits per heavy atom. The number of aromatic amines is 1. The first-order chi connectivity index (χ1) is 15.2. The monoisotopic (exact) mass is 431 g/mol. The Balaban J connectivity index is 1.51. The molecule has 7 heteroatoms. The van der Waals surface area contributed by atoms with Crippen LogP contribution in [0.4, 0.5) is 5.69 Å². The van der Waals surface area contributed by atoms with E-state index in [4.69, 9.17) is 0 Å². The topological polar surface area (TPSA) is 65.1 Å². The first kappa shape index (κ1) is 19.9. The minimum Gasteiger partial charge on any atom is -0.371 e. The van der Waals surface area contributed by atoms with Crippen LogP contribution in [0.15, 0.2) is 72.0 Å². The average Bonchev–Trinajstić information content (AvgIpc) is 3.49. The Bertz CT molecular complexity index is 1180. The van der Waals surface area contributed by atoms with Crippen molar-refractivity contribution in [3.63, 3.8) is 0 Å². The van der Waals surface area contributed by atoms with Crippen LogP contribution >= 0.6 is 0 Å². The predicted molar refractivity (Wildman–Crippen MR) is 125 cm³/mol. The lowest BCUT2D eigenvalue weighted by Gasteiger charge is -2.23. The number of rotatable bonds is 6. The summed E-state index contributed by atoms with van der Waals surface area (Å²) in [5.74, 6) is 0. The Labute approximate surface area is 184 Å². The first-order valence-corrected chi connectivity index (χ1v) is 11.6. The molecule has 1 aromatic carbocycles. The number of pyridine rings is 2. The van der Waals surface area contributed by atoms with E-state index in [1.807, 2.05) is 47.9 Å². The smallest absolute Gasteiger partial charge is 0.127 e. The SMILES string of the molecule is CN(Cc1cccnc1)S(=O)c1ccc(N2CCCC2)c(-c2cc3ncccc3[nH]2)c1. The molecule has 0 aliphatic carbocycles. The van der Waals surface area contributed by atoms with Gasteiger partial charge in [0.25, 0.3) is 0 Å². The number of fused-ring (bicyclic) bond motifs is 1. The molecule has 31 heavy (non-hydrogen) atoms. The lowest BCUT2D eigenvalue weighted by molar-refractivity contribution is 0.519. The predicted octanol–water partition coefficient (Wildman–Crippen LogP) is 4.38. The molecule has 0 amide bonds. The number of H-pyrrole nitrogens is 1. The van der Waals surface area contributed by atoms with Crippen LogP contribution in [0.5, 0.6) is 0 Å². The molecule has 4 heterocycles. The van der Waals surface area contributed by atoms with E-state index in [1.54, 1.807) is 12.4 Å². The van der Waals surface area contributed by atoms with Gasteiger partial charge in [-0.2, -0.15) is 0 Å². The van der Waals surface area contributed by atoms with Gasteiger partial charge in [-0.15, -0.1) is 0 Å². The molecule has 1 saturated heterocycles. The molecule has 1 fully saturated rings. The van der Waals surface area contributed by atoms with Crippen LogP contribution in [-0.4, -0.2) is 43.6 Å². The van der Waals surface area contributed by atoms with E-state index in [1.165, 1.54) is 18.5 Å². The van der Waals surface area contributed by atoms with Crippen molar-refractivity contribution < 1.29 is 4.21 Å².